The van der Waals surface area contributed by atoms with Crippen LogP contribution < -0.4 is 10.6 Å². The predicted molar refractivity (Wildman–Crippen MR) is 91.4 cm³/mol. The van der Waals surface area contributed by atoms with Gasteiger partial charge in [0.1, 0.15) is 6.04 Å². The van der Waals surface area contributed by atoms with Crippen molar-refractivity contribution in [1.29, 1.82) is 0 Å². The van der Waals surface area contributed by atoms with Crippen molar-refractivity contribution in [2.24, 2.45) is 0 Å². The molecule has 124 valence electrons. The van der Waals surface area contributed by atoms with Gasteiger partial charge >= 0.3 is 0 Å². The maximum Gasteiger partial charge on any atom is 0.246 e. The van der Waals surface area contributed by atoms with Crippen molar-refractivity contribution in [3.05, 3.63) is 29.8 Å². The Balaban J connectivity index is 1.49. The summed E-state index contributed by atoms with van der Waals surface area (Å²) >= 11 is 1.90. The van der Waals surface area contributed by atoms with E-state index in [1.807, 2.05) is 16.7 Å². The Morgan fingerprint density at radius 1 is 1.22 bits per heavy atom. The van der Waals surface area contributed by atoms with Crippen LogP contribution in [0.25, 0.3) is 0 Å². The molecular weight excluding hydrogens is 310 g/mol. The van der Waals surface area contributed by atoms with Crippen LogP contribution in [0.1, 0.15) is 18.4 Å². The average molecular weight is 333 g/mol. The van der Waals surface area contributed by atoms with Crippen LogP contribution in [-0.2, 0) is 9.59 Å². The van der Waals surface area contributed by atoms with E-state index in [9.17, 15) is 9.59 Å². The number of benzene rings is 1. The van der Waals surface area contributed by atoms with E-state index in [0.29, 0.717) is 18.3 Å². The zero-order chi connectivity index (χ0) is 16.2. The van der Waals surface area contributed by atoms with Gasteiger partial charge in [-0.05, 0) is 31.9 Å². The second kappa shape index (κ2) is 7.36. The Labute approximate surface area is 141 Å². The summed E-state index contributed by atoms with van der Waals surface area (Å²) in [6.45, 7) is 4.47. The molecular formula is C17H23N3O2S. The van der Waals surface area contributed by atoms with E-state index in [-0.39, 0.29) is 11.8 Å². The van der Waals surface area contributed by atoms with Crippen molar-refractivity contribution in [1.82, 2.24) is 15.5 Å². The van der Waals surface area contributed by atoms with Gasteiger partial charge < -0.3 is 15.5 Å². The fraction of sp³-hybridized carbons (Fsp3) is 0.529. The van der Waals surface area contributed by atoms with Gasteiger partial charge in [-0.3, -0.25) is 9.59 Å². The Morgan fingerprint density at radius 2 is 1.91 bits per heavy atom. The molecule has 1 aromatic rings. The number of hydrogen-bond donors (Lipinski definition) is 2. The third kappa shape index (κ3) is 4.26. The van der Waals surface area contributed by atoms with Gasteiger partial charge in [0.15, 0.2) is 0 Å². The van der Waals surface area contributed by atoms with Crippen LogP contribution in [0, 0.1) is 6.92 Å². The molecule has 1 atom stereocenters. The van der Waals surface area contributed by atoms with Crippen molar-refractivity contribution < 1.29 is 9.59 Å². The topological polar surface area (TPSA) is 61.4 Å². The van der Waals surface area contributed by atoms with Crippen LogP contribution in [0.5, 0.6) is 0 Å². The first kappa shape index (κ1) is 16.3. The van der Waals surface area contributed by atoms with Gasteiger partial charge in [0, 0.05) is 29.8 Å². The Morgan fingerprint density at radius 3 is 2.57 bits per heavy atom. The highest BCUT2D eigenvalue weighted by atomic mass is 32.2. The molecule has 2 aliphatic heterocycles. The molecule has 2 aliphatic rings. The van der Waals surface area contributed by atoms with Gasteiger partial charge in [-0.1, -0.05) is 17.7 Å². The lowest BCUT2D eigenvalue weighted by molar-refractivity contribution is -0.138. The molecule has 0 unspecified atom stereocenters. The monoisotopic (exact) mass is 333 g/mol. The second-order valence-electron chi connectivity index (χ2n) is 6.21. The lowest BCUT2D eigenvalue weighted by Crippen LogP contribution is -2.59. The van der Waals surface area contributed by atoms with Crippen molar-refractivity contribution in [3.63, 3.8) is 0 Å². The largest absolute Gasteiger partial charge is 0.342 e. The standard InChI is InChI=1S/C17H23N3O2S/c1-12-2-4-13(5-3-12)23-14-6-8-20(9-7-14)17(22)15-10-18-11-16(21)19-15/h2-5,14-15,18H,6-11H2,1H3,(H,19,21)/t15-/m1/s1. The van der Waals surface area contributed by atoms with Gasteiger partial charge in [0.05, 0.1) is 6.54 Å². The number of piperidine rings is 1. The summed E-state index contributed by atoms with van der Waals surface area (Å²) in [7, 11) is 0. The third-order valence-corrected chi connectivity index (χ3v) is 5.69. The Kier molecular flexibility index (Phi) is 5.23. The number of carbonyl (C=O) groups is 2. The molecule has 23 heavy (non-hydrogen) atoms. The summed E-state index contributed by atoms with van der Waals surface area (Å²) in [6, 6.07) is 8.21. The SMILES string of the molecule is Cc1ccc(SC2CCN(C(=O)[C@H]3CNCC(=O)N3)CC2)cc1. The van der Waals surface area contributed by atoms with Crippen LogP contribution in [0.4, 0.5) is 0 Å². The quantitative estimate of drug-likeness (QED) is 0.872. The van der Waals surface area contributed by atoms with Crippen molar-refractivity contribution >= 4 is 23.6 Å². The van der Waals surface area contributed by atoms with Crippen LogP contribution in [0.2, 0.25) is 0 Å². The first-order chi connectivity index (χ1) is 11.1. The minimum atomic E-state index is -0.405. The number of piperazine rings is 1. The van der Waals surface area contributed by atoms with Gasteiger partial charge in [-0.15, -0.1) is 11.8 Å². The molecule has 0 saturated carbocycles. The molecule has 2 N–H and O–H groups in total. The highest BCUT2D eigenvalue weighted by Gasteiger charge is 2.31. The molecule has 3 rings (SSSR count). The zero-order valence-electron chi connectivity index (χ0n) is 13.4. The Bertz CT molecular complexity index is 568. The predicted octanol–water partition coefficient (Wildman–Crippen LogP) is 1.17. The number of hydrogen-bond acceptors (Lipinski definition) is 4. The van der Waals surface area contributed by atoms with Gasteiger partial charge in [-0.2, -0.15) is 0 Å². The van der Waals surface area contributed by atoms with Gasteiger partial charge in [-0.25, -0.2) is 0 Å². The molecule has 6 heteroatoms. The maximum atomic E-state index is 12.5. The molecule has 0 spiro atoms. The number of carbonyl (C=O) groups excluding carboxylic acids is 2. The van der Waals surface area contributed by atoms with E-state index in [1.165, 1.54) is 10.5 Å². The summed E-state index contributed by atoms with van der Waals surface area (Å²) in [4.78, 5) is 27.0. The summed E-state index contributed by atoms with van der Waals surface area (Å²) in [5, 5.41) is 6.32. The molecule has 0 aromatic heterocycles. The van der Waals surface area contributed by atoms with Crippen molar-refractivity contribution in [2.45, 2.75) is 36.0 Å². The smallest absolute Gasteiger partial charge is 0.246 e. The number of likely N-dealkylation sites (tertiary alicyclic amines) is 1. The highest BCUT2D eigenvalue weighted by Crippen LogP contribution is 2.30. The van der Waals surface area contributed by atoms with E-state index in [1.54, 1.807) is 0 Å². The Hall–Kier alpha value is -1.53. The molecule has 2 amide bonds. The summed E-state index contributed by atoms with van der Waals surface area (Å²) in [6.07, 6.45) is 2.00. The van der Waals surface area contributed by atoms with Crippen LogP contribution in [0.3, 0.4) is 0 Å². The zero-order valence-corrected chi connectivity index (χ0v) is 14.2. The summed E-state index contributed by atoms with van der Waals surface area (Å²) < 4.78 is 0. The number of amides is 2. The molecule has 2 saturated heterocycles. The summed E-state index contributed by atoms with van der Waals surface area (Å²) in [5.41, 5.74) is 1.28. The fourth-order valence-corrected chi connectivity index (χ4v) is 4.12. The first-order valence-electron chi connectivity index (χ1n) is 8.14. The molecule has 0 bridgehead atoms. The second-order valence-corrected chi connectivity index (χ2v) is 7.58. The highest BCUT2D eigenvalue weighted by molar-refractivity contribution is 8.00. The van der Waals surface area contributed by atoms with E-state index in [4.69, 9.17) is 0 Å². The molecule has 1 aromatic carbocycles. The van der Waals surface area contributed by atoms with Crippen molar-refractivity contribution in [3.8, 4) is 0 Å². The van der Waals surface area contributed by atoms with Crippen molar-refractivity contribution in [2.75, 3.05) is 26.2 Å². The molecule has 2 heterocycles. The molecule has 0 aliphatic carbocycles. The van der Waals surface area contributed by atoms with Crippen LogP contribution in [-0.4, -0.2) is 54.2 Å². The first-order valence-corrected chi connectivity index (χ1v) is 9.02. The van der Waals surface area contributed by atoms with E-state index >= 15 is 0 Å². The fourth-order valence-electron chi connectivity index (χ4n) is 3.00. The van der Waals surface area contributed by atoms with E-state index in [2.05, 4.69) is 41.8 Å². The molecule has 0 radical (unpaired) electrons. The van der Waals surface area contributed by atoms with E-state index < -0.39 is 6.04 Å². The molecule has 5 nitrogen and oxygen atoms in total. The molecule has 2 fully saturated rings. The van der Waals surface area contributed by atoms with Gasteiger partial charge in [0.25, 0.3) is 0 Å². The average Bonchev–Trinajstić information content (AvgIpc) is 2.57. The third-order valence-electron chi connectivity index (χ3n) is 4.34. The lowest BCUT2D eigenvalue weighted by Gasteiger charge is -2.35. The number of thioether (sulfide) groups is 1. The normalized spacial score (nSPS) is 22.7. The minimum Gasteiger partial charge on any atom is -0.342 e. The van der Waals surface area contributed by atoms with Crippen LogP contribution in [0.15, 0.2) is 29.2 Å². The van der Waals surface area contributed by atoms with Gasteiger partial charge in [0.2, 0.25) is 11.8 Å². The lowest BCUT2D eigenvalue weighted by atomic mass is 10.1. The number of nitrogens with zero attached hydrogens (tertiary/aromatic N) is 1. The summed E-state index contributed by atoms with van der Waals surface area (Å²) in [5.74, 6) is -0.0521. The number of rotatable bonds is 3. The number of nitrogens with one attached hydrogen (secondary N) is 2. The number of aryl methyl sites for hydroxylation is 1. The maximum absolute atomic E-state index is 12.5. The van der Waals surface area contributed by atoms with E-state index in [0.717, 1.165) is 25.9 Å². The van der Waals surface area contributed by atoms with Crippen LogP contribution >= 0.6 is 11.8 Å². The minimum absolute atomic E-state index is 0.0457.